The summed E-state index contributed by atoms with van der Waals surface area (Å²) in [6, 6.07) is 9.28. The summed E-state index contributed by atoms with van der Waals surface area (Å²) in [5.74, 6) is 0. The van der Waals surface area contributed by atoms with Gasteiger partial charge in [-0.3, -0.25) is 15.3 Å². The molecule has 0 bridgehead atoms. The van der Waals surface area contributed by atoms with E-state index >= 15 is 0 Å². The highest BCUT2D eigenvalue weighted by molar-refractivity contribution is 7.22. The molecular formula is C19H16N6OS. The van der Waals surface area contributed by atoms with Gasteiger partial charge in [-0.15, -0.1) is 0 Å². The van der Waals surface area contributed by atoms with Crippen molar-refractivity contribution < 1.29 is 4.79 Å². The van der Waals surface area contributed by atoms with Gasteiger partial charge in [0, 0.05) is 42.5 Å². The number of nitrogens with one attached hydrogen (secondary N) is 2. The average Bonchev–Trinajstić information content (AvgIpc) is 3.11. The van der Waals surface area contributed by atoms with Crippen molar-refractivity contribution in [1.82, 2.24) is 25.3 Å². The average molecular weight is 376 g/mol. The van der Waals surface area contributed by atoms with E-state index in [9.17, 15) is 4.79 Å². The van der Waals surface area contributed by atoms with E-state index in [0.29, 0.717) is 11.7 Å². The van der Waals surface area contributed by atoms with Crippen molar-refractivity contribution in [1.29, 1.82) is 0 Å². The molecule has 4 rings (SSSR count). The fourth-order valence-electron chi connectivity index (χ4n) is 2.65. The third-order valence-electron chi connectivity index (χ3n) is 3.82. The number of carbonyl (C=O) groups is 1. The molecule has 0 saturated carbocycles. The SMILES string of the molecule is CCNC(=O)Nc1nc2cc(-c3cccnc3)nc(-c3cccnc3)c2s1. The van der Waals surface area contributed by atoms with E-state index in [1.807, 2.05) is 37.3 Å². The molecular weight excluding hydrogens is 360 g/mol. The first-order chi connectivity index (χ1) is 13.2. The quantitative estimate of drug-likeness (QED) is 0.562. The zero-order valence-corrected chi connectivity index (χ0v) is 15.3. The van der Waals surface area contributed by atoms with Crippen LogP contribution in [-0.4, -0.2) is 32.5 Å². The van der Waals surface area contributed by atoms with Crippen molar-refractivity contribution in [2.24, 2.45) is 0 Å². The Morgan fingerprint density at radius 3 is 2.48 bits per heavy atom. The fraction of sp³-hybridized carbons (Fsp3) is 0.105. The molecule has 0 unspecified atom stereocenters. The summed E-state index contributed by atoms with van der Waals surface area (Å²) in [4.78, 5) is 29.6. The number of pyridine rings is 3. The zero-order valence-electron chi connectivity index (χ0n) is 14.5. The lowest BCUT2D eigenvalue weighted by molar-refractivity contribution is 0.252. The highest BCUT2D eigenvalue weighted by atomic mass is 32.1. The lowest BCUT2D eigenvalue weighted by atomic mass is 10.1. The molecule has 0 radical (unpaired) electrons. The third kappa shape index (κ3) is 3.61. The summed E-state index contributed by atoms with van der Waals surface area (Å²) < 4.78 is 0.891. The topological polar surface area (TPSA) is 92.7 Å². The van der Waals surface area contributed by atoms with E-state index in [2.05, 4.69) is 25.6 Å². The second-order valence-electron chi connectivity index (χ2n) is 5.69. The predicted molar refractivity (Wildman–Crippen MR) is 107 cm³/mol. The predicted octanol–water partition coefficient (Wildman–Crippen LogP) is 3.96. The Balaban J connectivity index is 1.86. The zero-order chi connectivity index (χ0) is 18.6. The van der Waals surface area contributed by atoms with Crippen molar-refractivity contribution >= 4 is 32.7 Å². The molecule has 0 saturated heterocycles. The normalized spacial score (nSPS) is 10.7. The lowest BCUT2D eigenvalue weighted by Crippen LogP contribution is -2.28. The van der Waals surface area contributed by atoms with Crippen LogP contribution in [0.4, 0.5) is 9.93 Å². The van der Waals surface area contributed by atoms with Crippen LogP contribution in [0.15, 0.2) is 55.1 Å². The molecule has 0 aromatic carbocycles. The first-order valence-electron chi connectivity index (χ1n) is 8.42. The highest BCUT2D eigenvalue weighted by Gasteiger charge is 2.15. The van der Waals surface area contributed by atoms with Crippen molar-refractivity contribution in [3.05, 3.63) is 55.1 Å². The first-order valence-corrected chi connectivity index (χ1v) is 9.23. The number of carbonyl (C=O) groups excluding carboxylic acids is 1. The van der Waals surface area contributed by atoms with E-state index in [0.717, 1.165) is 32.7 Å². The van der Waals surface area contributed by atoms with Gasteiger partial charge < -0.3 is 5.32 Å². The third-order valence-corrected chi connectivity index (χ3v) is 4.82. The summed E-state index contributed by atoms with van der Waals surface area (Å²) in [5, 5.41) is 6.00. The van der Waals surface area contributed by atoms with Gasteiger partial charge in [-0.05, 0) is 37.3 Å². The van der Waals surface area contributed by atoms with Gasteiger partial charge in [0.25, 0.3) is 0 Å². The second kappa shape index (κ2) is 7.46. The molecule has 8 heteroatoms. The number of nitrogens with zero attached hydrogens (tertiary/aromatic N) is 4. The molecule has 0 aliphatic carbocycles. The summed E-state index contributed by atoms with van der Waals surface area (Å²) in [6.45, 7) is 2.41. The lowest BCUT2D eigenvalue weighted by Gasteiger charge is -2.06. The number of fused-ring (bicyclic) bond motifs is 1. The Bertz CT molecular complexity index is 1080. The molecule has 4 aromatic heterocycles. The fourth-order valence-corrected chi connectivity index (χ4v) is 3.60. The van der Waals surface area contributed by atoms with Crippen LogP contribution in [-0.2, 0) is 0 Å². The molecule has 4 heterocycles. The number of urea groups is 1. The Kier molecular flexibility index (Phi) is 4.71. The van der Waals surface area contributed by atoms with Gasteiger partial charge in [-0.2, -0.15) is 0 Å². The molecule has 7 nitrogen and oxygen atoms in total. The van der Waals surface area contributed by atoms with Crippen LogP contribution in [0.5, 0.6) is 0 Å². The summed E-state index contributed by atoms with van der Waals surface area (Å²) in [5.41, 5.74) is 4.10. The Morgan fingerprint density at radius 1 is 1.07 bits per heavy atom. The number of anilines is 1. The van der Waals surface area contributed by atoms with Crippen LogP contribution in [0.3, 0.4) is 0 Å². The molecule has 0 spiro atoms. The van der Waals surface area contributed by atoms with E-state index in [1.165, 1.54) is 11.3 Å². The van der Waals surface area contributed by atoms with Crippen LogP contribution >= 0.6 is 11.3 Å². The molecule has 0 aliphatic rings. The van der Waals surface area contributed by atoms with Crippen molar-refractivity contribution in [3.8, 4) is 22.5 Å². The Labute approximate surface area is 159 Å². The smallest absolute Gasteiger partial charge is 0.321 e. The number of amides is 2. The maximum absolute atomic E-state index is 11.8. The maximum atomic E-state index is 11.8. The second-order valence-corrected chi connectivity index (χ2v) is 6.69. The van der Waals surface area contributed by atoms with E-state index < -0.39 is 0 Å². The molecule has 0 aliphatic heterocycles. The van der Waals surface area contributed by atoms with Gasteiger partial charge in [0.05, 0.1) is 21.6 Å². The van der Waals surface area contributed by atoms with E-state index in [4.69, 9.17) is 4.98 Å². The Morgan fingerprint density at radius 2 is 1.81 bits per heavy atom. The van der Waals surface area contributed by atoms with Crippen molar-refractivity contribution in [2.75, 3.05) is 11.9 Å². The monoisotopic (exact) mass is 376 g/mol. The number of thiazole rings is 1. The molecule has 134 valence electrons. The van der Waals surface area contributed by atoms with E-state index in [-0.39, 0.29) is 6.03 Å². The summed E-state index contributed by atoms with van der Waals surface area (Å²) in [7, 11) is 0. The molecule has 4 aromatic rings. The minimum Gasteiger partial charge on any atom is -0.338 e. The van der Waals surface area contributed by atoms with Crippen molar-refractivity contribution in [3.63, 3.8) is 0 Å². The largest absolute Gasteiger partial charge is 0.338 e. The summed E-state index contributed by atoms with van der Waals surface area (Å²) >= 11 is 1.39. The summed E-state index contributed by atoms with van der Waals surface area (Å²) in [6.07, 6.45) is 6.98. The number of hydrogen-bond donors (Lipinski definition) is 2. The molecule has 2 N–H and O–H groups in total. The van der Waals surface area contributed by atoms with Gasteiger partial charge in [0.15, 0.2) is 5.13 Å². The van der Waals surface area contributed by atoms with Crippen molar-refractivity contribution in [2.45, 2.75) is 6.92 Å². The van der Waals surface area contributed by atoms with Crippen LogP contribution in [0, 0.1) is 0 Å². The molecule has 27 heavy (non-hydrogen) atoms. The highest BCUT2D eigenvalue weighted by Crippen LogP contribution is 2.36. The maximum Gasteiger partial charge on any atom is 0.321 e. The van der Waals surface area contributed by atoms with Gasteiger partial charge in [-0.25, -0.2) is 14.8 Å². The molecule has 0 atom stereocenters. The van der Waals surface area contributed by atoms with Gasteiger partial charge in [0.1, 0.15) is 0 Å². The van der Waals surface area contributed by atoms with Crippen LogP contribution in [0.2, 0.25) is 0 Å². The van der Waals surface area contributed by atoms with Crippen LogP contribution in [0.25, 0.3) is 32.7 Å². The van der Waals surface area contributed by atoms with Gasteiger partial charge >= 0.3 is 6.03 Å². The molecule has 0 fully saturated rings. The van der Waals surface area contributed by atoms with E-state index in [1.54, 1.807) is 24.8 Å². The Hall–Kier alpha value is -3.39. The first kappa shape index (κ1) is 17.0. The minimum absolute atomic E-state index is 0.278. The standard InChI is InChI=1S/C19H16N6OS/c1-2-22-18(26)25-19-24-15-9-14(12-5-3-7-20-10-12)23-16(17(15)27-19)13-6-4-8-21-11-13/h3-11H,2H2,1H3,(H2,22,24,25,26). The number of aromatic nitrogens is 4. The molecule has 2 amide bonds. The minimum atomic E-state index is -0.278. The van der Waals surface area contributed by atoms with Gasteiger partial charge in [0.2, 0.25) is 0 Å². The van der Waals surface area contributed by atoms with Gasteiger partial charge in [-0.1, -0.05) is 11.3 Å². The number of rotatable bonds is 4. The number of hydrogen-bond acceptors (Lipinski definition) is 6. The van der Waals surface area contributed by atoms with Crippen LogP contribution < -0.4 is 10.6 Å². The van der Waals surface area contributed by atoms with Crippen LogP contribution in [0.1, 0.15) is 6.92 Å².